The van der Waals surface area contributed by atoms with E-state index in [0.29, 0.717) is 0 Å². The summed E-state index contributed by atoms with van der Waals surface area (Å²) in [5, 5.41) is 9.43. The molecule has 2 heterocycles. The van der Waals surface area contributed by atoms with Crippen molar-refractivity contribution in [3.05, 3.63) is 48.8 Å². The number of fused-ring (bicyclic) bond motifs is 1. The summed E-state index contributed by atoms with van der Waals surface area (Å²) in [6, 6.07) is 11.0. The highest BCUT2D eigenvalue weighted by molar-refractivity contribution is 5.64. The van der Waals surface area contributed by atoms with Crippen molar-refractivity contribution >= 4 is 5.52 Å². The molecule has 0 saturated carbocycles. The zero-order chi connectivity index (χ0) is 12.5. The summed E-state index contributed by atoms with van der Waals surface area (Å²) in [6.07, 6.45) is 3.53. The molecule has 0 radical (unpaired) electrons. The molecule has 1 aromatic carbocycles. The van der Waals surface area contributed by atoms with E-state index in [1.807, 2.05) is 28.7 Å². The molecular formula is C14H12N2O2. The molecule has 4 heteroatoms. The second-order valence-corrected chi connectivity index (χ2v) is 3.99. The van der Waals surface area contributed by atoms with Crippen LogP contribution in [-0.2, 0) is 0 Å². The molecule has 0 atom stereocenters. The molecule has 0 unspecified atom stereocenters. The molecule has 0 fully saturated rings. The van der Waals surface area contributed by atoms with Gasteiger partial charge in [-0.1, -0.05) is 12.1 Å². The maximum Gasteiger partial charge on any atom is 0.144 e. The molecule has 4 nitrogen and oxygen atoms in total. The molecule has 0 amide bonds. The molecule has 18 heavy (non-hydrogen) atoms. The van der Waals surface area contributed by atoms with E-state index in [-0.39, 0.29) is 5.75 Å². The van der Waals surface area contributed by atoms with Crippen LogP contribution in [0.3, 0.4) is 0 Å². The zero-order valence-corrected chi connectivity index (χ0v) is 9.87. The van der Waals surface area contributed by atoms with Gasteiger partial charge in [0.05, 0.1) is 18.8 Å². The quantitative estimate of drug-likeness (QED) is 0.749. The first kappa shape index (κ1) is 10.7. The van der Waals surface area contributed by atoms with Gasteiger partial charge < -0.3 is 9.84 Å². The summed E-state index contributed by atoms with van der Waals surface area (Å²) in [7, 11) is 1.64. The van der Waals surface area contributed by atoms with Gasteiger partial charge in [0.1, 0.15) is 17.3 Å². The Morgan fingerprint density at radius 1 is 1.22 bits per heavy atom. The Balaban J connectivity index is 2.19. The normalized spacial score (nSPS) is 10.7. The Bertz CT molecular complexity index is 704. The van der Waals surface area contributed by atoms with Gasteiger partial charge in [-0.25, -0.2) is 4.98 Å². The van der Waals surface area contributed by atoms with Crippen molar-refractivity contribution in [3.63, 3.8) is 0 Å². The average Bonchev–Trinajstić information content (AvgIpc) is 2.81. The van der Waals surface area contributed by atoms with Crippen LogP contribution in [0.4, 0.5) is 0 Å². The van der Waals surface area contributed by atoms with Gasteiger partial charge >= 0.3 is 0 Å². The molecule has 2 aromatic heterocycles. The number of aromatic hydroxyl groups is 1. The number of aromatic nitrogens is 2. The number of imidazole rings is 1. The summed E-state index contributed by atoms with van der Waals surface area (Å²) in [5.74, 6) is 1.85. The molecule has 0 aliphatic heterocycles. The first-order valence-electron chi connectivity index (χ1n) is 5.58. The molecule has 0 spiro atoms. The van der Waals surface area contributed by atoms with Gasteiger partial charge in [0.25, 0.3) is 0 Å². The summed E-state index contributed by atoms with van der Waals surface area (Å²) < 4.78 is 7.13. The van der Waals surface area contributed by atoms with Crippen molar-refractivity contribution in [1.82, 2.24) is 9.38 Å². The number of nitrogens with zero attached hydrogens (tertiary/aromatic N) is 2. The van der Waals surface area contributed by atoms with Crippen LogP contribution < -0.4 is 4.74 Å². The molecule has 0 aliphatic rings. The second-order valence-electron chi connectivity index (χ2n) is 3.99. The molecule has 0 aliphatic carbocycles. The van der Waals surface area contributed by atoms with Crippen molar-refractivity contribution in [2.75, 3.05) is 7.11 Å². The van der Waals surface area contributed by atoms with Crippen LogP contribution in [0, 0.1) is 0 Å². The number of methoxy groups -OCH3 is 1. The Kier molecular flexibility index (Phi) is 2.41. The minimum Gasteiger partial charge on any atom is -0.508 e. The zero-order valence-electron chi connectivity index (χ0n) is 9.87. The van der Waals surface area contributed by atoms with Gasteiger partial charge in [-0.3, -0.25) is 4.40 Å². The Labute approximate surface area is 104 Å². The lowest BCUT2D eigenvalue weighted by molar-refractivity contribution is 0.415. The molecule has 1 N–H and O–H groups in total. The van der Waals surface area contributed by atoms with Gasteiger partial charge in [-0.2, -0.15) is 0 Å². The van der Waals surface area contributed by atoms with E-state index >= 15 is 0 Å². The molecule has 3 rings (SSSR count). The predicted molar refractivity (Wildman–Crippen MR) is 68.8 cm³/mol. The highest BCUT2D eigenvalue weighted by Gasteiger charge is 2.07. The lowest BCUT2D eigenvalue weighted by atomic mass is 10.2. The number of hydrogen-bond donors (Lipinski definition) is 1. The molecule has 0 saturated heterocycles. The minimum absolute atomic E-state index is 0.236. The Morgan fingerprint density at radius 2 is 2.11 bits per heavy atom. The average molecular weight is 240 g/mol. The fraction of sp³-hybridized carbons (Fsp3) is 0.0714. The number of ether oxygens (including phenoxy) is 1. The van der Waals surface area contributed by atoms with E-state index in [9.17, 15) is 5.11 Å². The van der Waals surface area contributed by atoms with Crippen LogP contribution >= 0.6 is 0 Å². The fourth-order valence-corrected chi connectivity index (χ4v) is 1.96. The standard InChI is InChI=1S/C14H12N2O2/c1-18-13-4-2-3-10(7-13)14-15-9-11-8-12(17)5-6-16(11)14/h2-9,17H,1H3. The fourth-order valence-electron chi connectivity index (χ4n) is 1.96. The van der Waals surface area contributed by atoms with Gasteiger partial charge in [0.2, 0.25) is 0 Å². The summed E-state index contributed by atoms with van der Waals surface area (Å²) in [4.78, 5) is 4.38. The number of hydrogen-bond acceptors (Lipinski definition) is 3. The van der Waals surface area contributed by atoms with Crippen LogP contribution in [0.15, 0.2) is 48.8 Å². The van der Waals surface area contributed by atoms with E-state index in [4.69, 9.17) is 4.74 Å². The molecule has 90 valence electrons. The van der Waals surface area contributed by atoms with Crippen molar-refractivity contribution < 1.29 is 9.84 Å². The SMILES string of the molecule is COc1cccc(-c2ncc3cc(O)ccn23)c1. The van der Waals surface area contributed by atoms with Gasteiger partial charge in [0.15, 0.2) is 0 Å². The van der Waals surface area contributed by atoms with Gasteiger partial charge in [-0.05, 0) is 18.2 Å². The number of benzene rings is 1. The van der Waals surface area contributed by atoms with E-state index in [2.05, 4.69) is 4.98 Å². The van der Waals surface area contributed by atoms with Crippen LogP contribution in [-0.4, -0.2) is 21.6 Å². The first-order chi connectivity index (χ1) is 8.78. The van der Waals surface area contributed by atoms with Crippen LogP contribution in [0.25, 0.3) is 16.9 Å². The monoisotopic (exact) mass is 240 g/mol. The van der Waals surface area contributed by atoms with E-state index in [0.717, 1.165) is 22.7 Å². The van der Waals surface area contributed by atoms with Crippen molar-refractivity contribution in [3.8, 4) is 22.9 Å². The summed E-state index contributed by atoms with van der Waals surface area (Å²) in [5.41, 5.74) is 1.83. The topological polar surface area (TPSA) is 46.8 Å². The third-order valence-corrected chi connectivity index (χ3v) is 2.84. The summed E-state index contributed by atoms with van der Waals surface area (Å²) in [6.45, 7) is 0. The Hall–Kier alpha value is -2.49. The van der Waals surface area contributed by atoms with Crippen molar-refractivity contribution in [2.45, 2.75) is 0 Å². The third-order valence-electron chi connectivity index (χ3n) is 2.84. The van der Waals surface area contributed by atoms with Crippen LogP contribution in [0.2, 0.25) is 0 Å². The van der Waals surface area contributed by atoms with Crippen molar-refractivity contribution in [2.24, 2.45) is 0 Å². The van der Waals surface area contributed by atoms with E-state index in [1.165, 1.54) is 0 Å². The van der Waals surface area contributed by atoms with E-state index < -0.39 is 0 Å². The van der Waals surface area contributed by atoms with Crippen molar-refractivity contribution in [1.29, 1.82) is 0 Å². The van der Waals surface area contributed by atoms with Gasteiger partial charge in [0, 0.05) is 17.8 Å². The summed E-state index contributed by atoms with van der Waals surface area (Å²) >= 11 is 0. The smallest absolute Gasteiger partial charge is 0.144 e. The third kappa shape index (κ3) is 1.68. The van der Waals surface area contributed by atoms with Crippen LogP contribution in [0.5, 0.6) is 11.5 Å². The predicted octanol–water partition coefficient (Wildman–Crippen LogP) is 2.72. The number of rotatable bonds is 2. The maximum absolute atomic E-state index is 9.43. The molecular weight excluding hydrogens is 228 g/mol. The highest BCUT2D eigenvalue weighted by Crippen LogP contribution is 2.24. The largest absolute Gasteiger partial charge is 0.508 e. The first-order valence-corrected chi connectivity index (χ1v) is 5.58. The highest BCUT2D eigenvalue weighted by atomic mass is 16.5. The molecule has 3 aromatic rings. The number of pyridine rings is 1. The minimum atomic E-state index is 0.236. The lowest BCUT2D eigenvalue weighted by Crippen LogP contribution is -1.90. The lowest BCUT2D eigenvalue weighted by Gasteiger charge is -2.04. The Morgan fingerprint density at radius 3 is 2.94 bits per heavy atom. The molecule has 0 bridgehead atoms. The maximum atomic E-state index is 9.43. The van der Waals surface area contributed by atoms with Crippen LogP contribution in [0.1, 0.15) is 0 Å². The van der Waals surface area contributed by atoms with Gasteiger partial charge in [-0.15, -0.1) is 0 Å². The van der Waals surface area contributed by atoms with E-state index in [1.54, 1.807) is 31.6 Å². The second kappa shape index (κ2) is 4.07.